The van der Waals surface area contributed by atoms with Gasteiger partial charge in [-0.2, -0.15) is 0 Å². The number of amides is 1. The highest BCUT2D eigenvalue weighted by Crippen LogP contribution is 2.23. The highest BCUT2D eigenvalue weighted by Gasteiger charge is 2.02. The summed E-state index contributed by atoms with van der Waals surface area (Å²) in [7, 11) is -2.59. The molecule has 3 N–H and O–H groups in total. The van der Waals surface area contributed by atoms with Crippen LogP contribution in [0.25, 0.3) is 0 Å². The summed E-state index contributed by atoms with van der Waals surface area (Å²) < 4.78 is 20.2. The average Bonchev–Trinajstić information content (AvgIpc) is 2.18. The second kappa shape index (κ2) is 9.11. The van der Waals surface area contributed by atoms with Gasteiger partial charge in [-0.15, -0.1) is 0 Å². The molecule has 0 spiro atoms. The summed E-state index contributed by atoms with van der Waals surface area (Å²) in [5, 5.41) is 16.5. The highest BCUT2D eigenvalue weighted by atomic mass is 31.1. The zero-order valence-corrected chi connectivity index (χ0v) is 8.56. The smallest absolute Gasteiger partial charge is 0.319 e. The molecule has 0 bridgehead atoms. The van der Waals surface area contributed by atoms with E-state index in [1.807, 2.05) is 0 Å². The molecule has 0 aliphatic heterocycles. The standard InChI is InChI=1S/C6H14NO6P/c8-3-1-4-12-14(11)13-5-2-6(9)7-10/h8,10,14H,1-5H2,(H,7,9). The van der Waals surface area contributed by atoms with E-state index in [4.69, 9.17) is 10.3 Å². The maximum absolute atomic E-state index is 10.9. The minimum absolute atomic E-state index is 0.0396. The second-order valence-corrected chi connectivity index (χ2v) is 3.39. The van der Waals surface area contributed by atoms with Gasteiger partial charge in [0.15, 0.2) is 0 Å². The Morgan fingerprint density at radius 1 is 1.36 bits per heavy atom. The van der Waals surface area contributed by atoms with Crippen molar-refractivity contribution >= 4 is 14.2 Å². The van der Waals surface area contributed by atoms with E-state index in [0.717, 1.165) is 0 Å². The van der Waals surface area contributed by atoms with Crippen LogP contribution >= 0.6 is 8.25 Å². The lowest BCUT2D eigenvalue weighted by Gasteiger charge is -2.03. The number of carbonyl (C=O) groups excluding carboxylic acids is 1. The zero-order chi connectivity index (χ0) is 10.8. The van der Waals surface area contributed by atoms with E-state index < -0.39 is 14.2 Å². The molecular formula is C6H14NO6P. The Morgan fingerprint density at radius 2 is 2.00 bits per heavy atom. The first kappa shape index (κ1) is 13.5. The number of aliphatic hydroxyl groups excluding tert-OH is 1. The highest BCUT2D eigenvalue weighted by molar-refractivity contribution is 7.33. The molecule has 0 aromatic carbocycles. The number of nitrogens with one attached hydrogen (secondary N) is 1. The van der Waals surface area contributed by atoms with Crippen LogP contribution < -0.4 is 5.48 Å². The third-order valence-corrected chi connectivity index (χ3v) is 2.08. The molecule has 0 aromatic heterocycles. The first-order valence-corrected chi connectivity index (χ1v) is 5.26. The van der Waals surface area contributed by atoms with Crippen LogP contribution in [0.5, 0.6) is 0 Å². The Balaban J connectivity index is 3.31. The van der Waals surface area contributed by atoms with E-state index in [1.165, 1.54) is 5.48 Å². The second-order valence-electron chi connectivity index (χ2n) is 2.31. The van der Waals surface area contributed by atoms with Crippen LogP contribution in [0.2, 0.25) is 0 Å². The molecule has 0 saturated carbocycles. The minimum atomic E-state index is -2.59. The average molecular weight is 227 g/mol. The van der Waals surface area contributed by atoms with Crippen molar-refractivity contribution in [3.63, 3.8) is 0 Å². The minimum Gasteiger partial charge on any atom is -0.396 e. The SMILES string of the molecule is O=C(CCO[PH](=O)OCCCO)NO. The van der Waals surface area contributed by atoms with E-state index in [2.05, 4.69) is 9.05 Å². The lowest BCUT2D eigenvalue weighted by Crippen LogP contribution is -2.19. The fourth-order valence-corrected chi connectivity index (χ4v) is 1.21. The molecule has 0 radical (unpaired) electrons. The molecule has 0 saturated heterocycles. The first-order valence-electron chi connectivity index (χ1n) is 4.04. The van der Waals surface area contributed by atoms with Gasteiger partial charge in [-0.1, -0.05) is 0 Å². The molecule has 0 aliphatic carbocycles. The van der Waals surface area contributed by atoms with Crippen molar-refractivity contribution in [3.05, 3.63) is 0 Å². The van der Waals surface area contributed by atoms with Gasteiger partial charge in [-0.25, -0.2) is 5.48 Å². The summed E-state index contributed by atoms with van der Waals surface area (Å²) in [5.41, 5.74) is 1.41. The molecule has 7 nitrogen and oxygen atoms in total. The third kappa shape index (κ3) is 8.15. The van der Waals surface area contributed by atoms with Gasteiger partial charge in [-0.05, 0) is 6.42 Å². The number of aliphatic hydroxyl groups is 1. The molecule has 1 atom stereocenters. The van der Waals surface area contributed by atoms with Gasteiger partial charge in [0.2, 0.25) is 5.91 Å². The van der Waals surface area contributed by atoms with Crippen molar-refractivity contribution in [3.8, 4) is 0 Å². The number of hydrogen-bond donors (Lipinski definition) is 3. The Hall–Kier alpha value is -0.460. The lowest BCUT2D eigenvalue weighted by atomic mass is 10.4. The van der Waals surface area contributed by atoms with Gasteiger partial charge in [0.05, 0.1) is 19.6 Å². The quantitative estimate of drug-likeness (QED) is 0.227. The Bertz CT molecular complexity index is 187. The van der Waals surface area contributed by atoms with Crippen molar-refractivity contribution in [2.45, 2.75) is 12.8 Å². The van der Waals surface area contributed by atoms with E-state index in [0.29, 0.717) is 6.42 Å². The maximum Gasteiger partial charge on any atom is 0.319 e. The Morgan fingerprint density at radius 3 is 2.57 bits per heavy atom. The van der Waals surface area contributed by atoms with Gasteiger partial charge >= 0.3 is 8.25 Å². The van der Waals surface area contributed by atoms with E-state index >= 15 is 0 Å². The van der Waals surface area contributed by atoms with Crippen molar-refractivity contribution in [2.75, 3.05) is 19.8 Å². The molecule has 0 fully saturated rings. The molecular weight excluding hydrogens is 213 g/mol. The topological polar surface area (TPSA) is 105 Å². The van der Waals surface area contributed by atoms with Crippen molar-refractivity contribution in [1.29, 1.82) is 0 Å². The fraction of sp³-hybridized carbons (Fsp3) is 0.833. The van der Waals surface area contributed by atoms with E-state index in [9.17, 15) is 9.36 Å². The molecule has 14 heavy (non-hydrogen) atoms. The predicted molar refractivity (Wildman–Crippen MR) is 47.2 cm³/mol. The maximum atomic E-state index is 10.9. The summed E-state index contributed by atoms with van der Waals surface area (Å²) in [6.45, 7) is 0.0336. The van der Waals surface area contributed by atoms with Gasteiger partial charge in [-0.3, -0.25) is 14.6 Å². The summed E-state index contributed by atoms with van der Waals surface area (Å²) in [6.07, 6.45) is 0.299. The van der Waals surface area contributed by atoms with Crippen molar-refractivity contribution in [1.82, 2.24) is 5.48 Å². The van der Waals surface area contributed by atoms with E-state index in [1.54, 1.807) is 0 Å². The summed E-state index contributed by atoms with van der Waals surface area (Å²) in [4.78, 5) is 10.4. The van der Waals surface area contributed by atoms with Crippen LogP contribution in [0.3, 0.4) is 0 Å². The van der Waals surface area contributed by atoms with Crippen LogP contribution in [0.1, 0.15) is 12.8 Å². The van der Waals surface area contributed by atoms with Gasteiger partial charge < -0.3 is 14.2 Å². The molecule has 0 rings (SSSR count). The number of hydrogen-bond acceptors (Lipinski definition) is 6. The summed E-state index contributed by atoms with van der Waals surface area (Å²) in [5.74, 6) is -0.616. The number of hydroxylamine groups is 1. The zero-order valence-electron chi connectivity index (χ0n) is 7.56. The van der Waals surface area contributed by atoms with Crippen LogP contribution in [-0.4, -0.2) is 36.0 Å². The largest absolute Gasteiger partial charge is 0.396 e. The van der Waals surface area contributed by atoms with Crippen LogP contribution in [0.4, 0.5) is 0 Å². The lowest BCUT2D eigenvalue weighted by molar-refractivity contribution is -0.129. The van der Waals surface area contributed by atoms with Crippen LogP contribution in [0, 0.1) is 0 Å². The number of rotatable bonds is 8. The van der Waals surface area contributed by atoms with Crippen LogP contribution in [-0.2, 0) is 18.4 Å². The molecule has 1 amide bonds. The van der Waals surface area contributed by atoms with Gasteiger partial charge in [0, 0.05) is 6.61 Å². The molecule has 0 heterocycles. The molecule has 84 valence electrons. The first-order chi connectivity index (χ1) is 6.70. The number of carbonyl (C=O) groups is 1. The van der Waals surface area contributed by atoms with Gasteiger partial charge in [0.1, 0.15) is 0 Å². The van der Waals surface area contributed by atoms with Gasteiger partial charge in [0.25, 0.3) is 0 Å². The molecule has 0 aliphatic rings. The van der Waals surface area contributed by atoms with Crippen molar-refractivity contribution < 1.29 is 28.7 Å². The third-order valence-electron chi connectivity index (χ3n) is 1.20. The normalized spacial score (nSPS) is 12.4. The van der Waals surface area contributed by atoms with E-state index in [-0.39, 0.29) is 26.2 Å². The van der Waals surface area contributed by atoms with Crippen molar-refractivity contribution in [2.24, 2.45) is 0 Å². The molecule has 0 aromatic rings. The summed E-state index contributed by atoms with van der Waals surface area (Å²) in [6, 6.07) is 0. The Kier molecular flexibility index (Phi) is 8.81. The predicted octanol–water partition coefficient (Wildman–Crippen LogP) is -0.313. The molecule has 1 unspecified atom stereocenters. The van der Waals surface area contributed by atoms with Crippen LogP contribution in [0.15, 0.2) is 0 Å². The summed E-state index contributed by atoms with van der Waals surface area (Å²) >= 11 is 0. The Labute approximate surface area is 81.9 Å². The molecule has 8 heteroatoms. The monoisotopic (exact) mass is 227 g/mol. The fourth-order valence-electron chi connectivity index (χ4n) is 0.545.